The average Bonchev–Trinajstić information content (AvgIpc) is 3.33. The van der Waals surface area contributed by atoms with Crippen molar-refractivity contribution in [3.8, 4) is 0 Å². The summed E-state index contributed by atoms with van der Waals surface area (Å²) in [6, 6.07) is 1.12. The summed E-state index contributed by atoms with van der Waals surface area (Å²) in [5, 5.41) is 8.70. The molecule has 0 radical (unpaired) electrons. The number of allylic oxidation sites excluding steroid dienone is 2. The number of nitrogens with zero attached hydrogens (tertiary/aromatic N) is 3. The third-order valence-electron chi connectivity index (χ3n) is 8.44. The Morgan fingerprint density at radius 3 is 2.39 bits per heavy atom. The number of hydrogen-bond acceptors (Lipinski definition) is 5. The van der Waals surface area contributed by atoms with Crippen molar-refractivity contribution in [2.45, 2.75) is 82.7 Å². The van der Waals surface area contributed by atoms with Crippen LogP contribution in [0.5, 0.6) is 0 Å². The summed E-state index contributed by atoms with van der Waals surface area (Å²) in [5.41, 5.74) is 0. The second kappa shape index (κ2) is 11.9. The van der Waals surface area contributed by atoms with E-state index in [2.05, 4.69) is 45.9 Å². The van der Waals surface area contributed by atoms with Gasteiger partial charge in [-0.15, -0.1) is 16.1 Å². The van der Waals surface area contributed by atoms with Gasteiger partial charge in [0.2, 0.25) is 0 Å². The summed E-state index contributed by atoms with van der Waals surface area (Å²) in [5.74, 6) is 5.08. The molecule has 0 aromatic carbocycles. The molecular weight excluding hydrogens is 424 g/mol. The highest BCUT2D eigenvalue weighted by Crippen LogP contribution is 2.36. The lowest BCUT2D eigenvalue weighted by Crippen LogP contribution is -2.48. The molecule has 1 saturated heterocycles. The van der Waals surface area contributed by atoms with E-state index in [1.807, 2.05) is 0 Å². The zero-order chi connectivity index (χ0) is 21.6. The number of halogens is 1. The molecule has 31 heavy (non-hydrogen) atoms. The SMILES string of the molecule is CC(C)[C@H](CN1CCC(C2C=CC(Cl)CC2)CC1)NCC1CCC(C2CSN=N2)CC1. The highest BCUT2D eigenvalue weighted by Gasteiger charge is 2.31. The molecule has 4 nitrogen and oxygen atoms in total. The average molecular weight is 467 g/mol. The monoisotopic (exact) mass is 466 g/mol. The van der Waals surface area contributed by atoms with E-state index in [9.17, 15) is 0 Å². The van der Waals surface area contributed by atoms with E-state index in [1.54, 1.807) is 11.9 Å². The summed E-state index contributed by atoms with van der Waals surface area (Å²) in [6.07, 6.45) is 15.2. The van der Waals surface area contributed by atoms with Gasteiger partial charge in [-0.05, 0) is 113 Å². The summed E-state index contributed by atoms with van der Waals surface area (Å²) >= 11 is 7.89. The van der Waals surface area contributed by atoms with Crippen LogP contribution in [-0.2, 0) is 0 Å². The van der Waals surface area contributed by atoms with E-state index < -0.39 is 0 Å². The highest BCUT2D eigenvalue weighted by atomic mass is 35.5. The molecule has 4 rings (SSSR count). The molecule has 0 spiro atoms. The Bertz CT molecular complexity index is 596. The normalized spacial score (nSPS) is 36.3. The van der Waals surface area contributed by atoms with E-state index in [-0.39, 0.29) is 5.38 Å². The van der Waals surface area contributed by atoms with Crippen LogP contribution in [0.25, 0.3) is 0 Å². The first-order valence-electron chi connectivity index (χ1n) is 12.9. The number of hydrogen-bond donors (Lipinski definition) is 1. The van der Waals surface area contributed by atoms with Crippen molar-refractivity contribution >= 4 is 23.5 Å². The van der Waals surface area contributed by atoms with Gasteiger partial charge < -0.3 is 10.2 Å². The summed E-state index contributed by atoms with van der Waals surface area (Å²) in [4.78, 5) is 2.73. The minimum absolute atomic E-state index is 0.275. The zero-order valence-corrected chi connectivity index (χ0v) is 21.2. The van der Waals surface area contributed by atoms with E-state index >= 15 is 0 Å². The third kappa shape index (κ3) is 6.94. The van der Waals surface area contributed by atoms with E-state index in [4.69, 9.17) is 11.6 Å². The van der Waals surface area contributed by atoms with Gasteiger partial charge in [-0.25, -0.2) is 0 Å². The smallest absolute Gasteiger partial charge is 0.0855 e. The molecule has 0 aromatic heterocycles. The molecular formula is C25H43ClN4S. The maximum absolute atomic E-state index is 6.24. The Hall–Kier alpha value is -0.100. The van der Waals surface area contributed by atoms with Gasteiger partial charge in [0.1, 0.15) is 0 Å². The van der Waals surface area contributed by atoms with Crippen LogP contribution in [0.3, 0.4) is 0 Å². The van der Waals surface area contributed by atoms with Crippen molar-refractivity contribution in [3.63, 3.8) is 0 Å². The van der Waals surface area contributed by atoms with Gasteiger partial charge in [0.05, 0.1) is 11.4 Å². The van der Waals surface area contributed by atoms with Gasteiger partial charge in [0, 0.05) is 18.3 Å². The van der Waals surface area contributed by atoms with Crippen LogP contribution in [-0.4, -0.2) is 54.3 Å². The second-order valence-corrected chi connectivity index (χ2v) is 12.2. The van der Waals surface area contributed by atoms with Crippen molar-refractivity contribution in [1.82, 2.24) is 10.2 Å². The molecule has 0 bridgehead atoms. The fourth-order valence-corrected chi connectivity index (χ4v) is 7.07. The molecule has 2 aliphatic heterocycles. The number of rotatable bonds is 8. The van der Waals surface area contributed by atoms with Gasteiger partial charge in [-0.3, -0.25) is 0 Å². The molecule has 0 aromatic rings. The lowest BCUT2D eigenvalue weighted by atomic mass is 9.78. The Morgan fingerprint density at radius 2 is 1.77 bits per heavy atom. The van der Waals surface area contributed by atoms with Crippen molar-refractivity contribution in [1.29, 1.82) is 0 Å². The molecule has 4 atom stereocenters. The Morgan fingerprint density at radius 1 is 1.00 bits per heavy atom. The topological polar surface area (TPSA) is 40.0 Å². The Labute approximate surface area is 199 Å². The third-order valence-corrected chi connectivity index (χ3v) is 9.51. The molecule has 1 saturated carbocycles. The van der Waals surface area contributed by atoms with Crippen LogP contribution in [0, 0.1) is 29.6 Å². The minimum atomic E-state index is 0.275. The van der Waals surface area contributed by atoms with Crippen molar-refractivity contribution in [2.75, 3.05) is 31.9 Å². The zero-order valence-electron chi connectivity index (χ0n) is 19.6. The first kappa shape index (κ1) is 24.0. The molecule has 6 heteroatoms. The fourth-order valence-electron chi connectivity index (χ4n) is 6.12. The molecule has 3 unspecified atom stereocenters. The molecule has 0 amide bonds. The number of nitrogens with one attached hydrogen (secondary N) is 1. The Balaban J connectivity index is 1.16. The lowest BCUT2D eigenvalue weighted by molar-refractivity contribution is 0.132. The molecule has 176 valence electrons. The molecule has 4 aliphatic rings. The largest absolute Gasteiger partial charge is 0.312 e. The number of piperidine rings is 1. The van der Waals surface area contributed by atoms with Gasteiger partial charge >= 0.3 is 0 Å². The van der Waals surface area contributed by atoms with Crippen molar-refractivity contribution in [2.24, 2.45) is 39.2 Å². The van der Waals surface area contributed by atoms with E-state index in [1.165, 1.54) is 71.1 Å². The van der Waals surface area contributed by atoms with Gasteiger partial charge in [-0.2, -0.15) is 5.11 Å². The van der Waals surface area contributed by atoms with Gasteiger partial charge in [0.25, 0.3) is 0 Å². The van der Waals surface area contributed by atoms with Crippen LogP contribution >= 0.6 is 23.5 Å². The standard InChI is InChI=1S/C25H43ClN4S/c1-18(2)24(27-15-19-3-5-22(6-4-19)25-17-31-29-28-25)16-30-13-11-21(12-14-30)20-7-9-23(26)10-8-20/h7,9,18-25,27H,3-6,8,10-17H2,1-2H3/t19?,20?,22?,23?,24-,25?/m0/s1. The van der Waals surface area contributed by atoms with Crippen LogP contribution in [0.2, 0.25) is 0 Å². The highest BCUT2D eigenvalue weighted by molar-refractivity contribution is 7.98. The summed E-state index contributed by atoms with van der Waals surface area (Å²) in [7, 11) is 0. The first-order valence-corrected chi connectivity index (χ1v) is 14.3. The van der Waals surface area contributed by atoms with Gasteiger partial charge in [0.15, 0.2) is 0 Å². The maximum atomic E-state index is 6.24. The molecule has 1 N–H and O–H groups in total. The minimum Gasteiger partial charge on any atom is -0.312 e. The van der Waals surface area contributed by atoms with Crippen LogP contribution in [0.4, 0.5) is 0 Å². The van der Waals surface area contributed by atoms with Crippen LogP contribution in [0.15, 0.2) is 21.8 Å². The molecule has 2 heterocycles. The van der Waals surface area contributed by atoms with Crippen LogP contribution < -0.4 is 5.32 Å². The molecule has 2 fully saturated rings. The molecule has 2 aliphatic carbocycles. The summed E-state index contributed by atoms with van der Waals surface area (Å²) in [6.45, 7) is 9.72. The van der Waals surface area contributed by atoms with Crippen LogP contribution in [0.1, 0.15) is 65.2 Å². The Kier molecular flexibility index (Phi) is 9.19. The first-order chi connectivity index (χ1) is 15.1. The maximum Gasteiger partial charge on any atom is 0.0855 e. The predicted octanol–water partition coefficient (Wildman–Crippen LogP) is 6.18. The van der Waals surface area contributed by atoms with Crippen molar-refractivity contribution < 1.29 is 0 Å². The predicted molar refractivity (Wildman–Crippen MR) is 134 cm³/mol. The van der Waals surface area contributed by atoms with E-state index in [0.717, 1.165) is 35.8 Å². The quantitative estimate of drug-likeness (QED) is 0.264. The number of alkyl halides is 1. The van der Waals surface area contributed by atoms with Gasteiger partial charge in [-0.1, -0.05) is 26.0 Å². The van der Waals surface area contributed by atoms with E-state index in [0.29, 0.717) is 18.0 Å². The number of likely N-dealkylation sites (tertiary alicyclic amines) is 1. The van der Waals surface area contributed by atoms with Crippen molar-refractivity contribution in [3.05, 3.63) is 12.2 Å². The fraction of sp³-hybridized carbons (Fsp3) is 0.920. The second-order valence-electron chi connectivity index (χ2n) is 10.9. The lowest BCUT2D eigenvalue weighted by Gasteiger charge is -2.39. The summed E-state index contributed by atoms with van der Waals surface area (Å²) < 4.78 is 4.14.